The number of halogens is 2. The minimum absolute atomic E-state index is 0.0125. The molecule has 1 rings (SSSR count). The van der Waals surface area contributed by atoms with Crippen LogP contribution in [-0.2, 0) is 10.0 Å². The van der Waals surface area contributed by atoms with E-state index >= 15 is 0 Å². The lowest BCUT2D eigenvalue weighted by Crippen LogP contribution is -2.16. The number of benzene rings is 1. The zero-order valence-corrected chi connectivity index (χ0v) is 14.4. The lowest BCUT2D eigenvalue weighted by molar-refractivity contribution is 0.478. The smallest absolute Gasteiger partial charge is 0.232 e. The Labute approximate surface area is 136 Å². The molecule has 2 N–H and O–H groups in total. The summed E-state index contributed by atoms with van der Waals surface area (Å²) >= 11 is 11.5. The summed E-state index contributed by atoms with van der Waals surface area (Å²) in [5, 5.41) is 10.0. The van der Waals surface area contributed by atoms with Crippen LogP contribution >= 0.6 is 23.2 Å². The van der Waals surface area contributed by atoms with Crippen LogP contribution in [0.15, 0.2) is 12.1 Å². The second-order valence-corrected chi connectivity index (χ2v) is 7.66. The number of aromatic hydroxyl groups is 1. The molecule has 1 aromatic carbocycles. The molecule has 0 atom stereocenters. The lowest BCUT2D eigenvalue weighted by Gasteiger charge is -2.11. The van der Waals surface area contributed by atoms with Gasteiger partial charge in [0.25, 0.3) is 0 Å². The third-order valence-electron chi connectivity index (χ3n) is 3.06. The van der Waals surface area contributed by atoms with E-state index in [0.717, 1.165) is 25.7 Å². The highest BCUT2D eigenvalue weighted by Crippen LogP contribution is 2.35. The van der Waals surface area contributed by atoms with E-state index < -0.39 is 10.0 Å². The van der Waals surface area contributed by atoms with Crippen LogP contribution in [0.1, 0.15) is 45.4 Å². The molecule has 0 aliphatic heterocycles. The van der Waals surface area contributed by atoms with Gasteiger partial charge in [-0.15, -0.1) is 0 Å². The van der Waals surface area contributed by atoms with Gasteiger partial charge in [0.15, 0.2) is 5.75 Å². The van der Waals surface area contributed by atoms with Crippen molar-refractivity contribution in [2.75, 3.05) is 10.5 Å². The predicted octanol–water partition coefficient (Wildman–Crippen LogP) is 4.80. The largest absolute Gasteiger partial charge is 0.504 e. The van der Waals surface area contributed by atoms with Gasteiger partial charge in [-0.1, -0.05) is 62.2 Å². The summed E-state index contributed by atoms with van der Waals surface area (Å²) in [4.78, 5) is 0. The molecule has 0 saturated heterocycles. The molecule has 1 aromatic rings. The molecule has 0 fully saturated rings. The zero-order chi connectivity index (χ0) is 15.9. The molecule has 0 heterocycles. The number of sulfonamides is 1. The van der Waals surface area contributed by atoms with Crippen LogP contribution in [0, 0.1) is 0 Å². The number of unbranched alkanes of at least 4 members (excludes halogenated alkanes) is 5. The van der Waals surface area contributed by atoms with Crippen molar-refractivity contribution in [1.82, 2.24) is 0 Å². The first-order chi connectivity index (χ1) is 9.85. The molecule has 0 aliphatic rings. The Hall–Kier alpha value is -0.650. The fourth-order valence-corrected chi connectivity index (χ4v) is 3.61. The molecule has 120 valence electrons. The van der Waals surface area contributed by atoms with E-state index in [0.29, 0.717) is 6.42 Å². The SMILES string of the molecule is CCCCCCCCS(=O)(=O)Nc1cc(Cl)cc(Cl)c1O. The lowest BCUT2D eigenvalue weighted by atomic mass is 10.1. The van der Waals surface area contributed by atoms with E-state index in [9.17, 15) is 13.5 Å². The van der Waals surface area contributed by atoms with Gasteiger partial charge in [-0.2, -0.15) is 0 Å². The number of phenols is 1. The van der Waals surface area contributed by atoms with Crippen LogP contribution in [-0.4, -0.2) is 19.3 Å². The van der Waals surface area contributed by atoms with Crippen LogP contribution in [0.5, 0.6) is 5.75 Å². The van der Waals surface area contributed by atoms with Gasteiger partial charge in [-0.05, 0) is 18.6 Å². The van der Waals surface area contributed by atoms with Crippen LogP contribution in [0.3, 0.4) is 0 Å². The number of phenolic OH excluding ortho intramolecular Hbond substituents is 1. The third kappa shape index (κ3) is 6.76. The monoisotopic (exact) mass is 353 g/mol. The summed E-state index contributed by atoms with van der Waals surface area (Å²) < 4.78 is 26.2. The molecule has 0 unspecified atom stereocenters. The van der Waals surface area contributed by atoms with E-state index in [2.05, 4.69) is 11.6 Å². The fraction of sp³-hybridized carbons (Fsp3) is 0.571. The molecule has 4 nitrogen and oxygen atoms in total. The summed E-state index contributed by atoms with van der Waals surface area (Å²) in [5.41, 5.74) is 0.0125. The molecule has 0 aromatic heterocycles. The number of hydrogen-bond donors (Lipinski definition) is 2. The third-order valence-corrected chi connectivity index (χ3v) is 4.92. The number of hydrogen-bond acceptors (Lipinski definition) is 3. The van der Waals surface area contributed by atoms with Gasteiger partial charge in [0.2, 0.25) is 10.0 Å². The topological polar surface area (TPSA) is 66.4 Å². The first kappa shape index (κ1) is 18.4. The highest BCUT2D eigenvalue weighted by atomic mass is 35.5. The zero-order valence-electron chi connectivity index (χ0n) is 12.0. The normalized spacial score (nSPS) is 11.6. The first-order valence-corrected chi connectivity index (χ1v) is 9.45. The molecule has 0 amide bonds. The van der Waals surface area contributed by atoms with Gasteiger partial charge in [-0.3, -0.25) is 4.72 Å². The molecular weight excluding hydrogens is 333 g/mol. The summed E-state index contributed by atoms with van der Waals surface area (Å²) in [6.07, 6.45) is 5.98. The fourth-order valence-electron chi connectivity index (χ4n) is 1.93. The standard InChI is InChI=1S/C14H21Cl2NO3S/c1-2-3-4-5-6-7-8-21(19,20)17-13-10-11(15)9-12(16)14(13)18/h9-10,17-18H,2-8H2,1H3. The average Bonchev–Trinajstić information content (AvgIpc) is 2.39. The molecule has 0 spiro atoms. The second-order valence-electron chi connectivity index (χ2n) is 4.97. The number of anilines is 1. The maximum Gasteiger partial charge on any atom is 0.232 e. The Kier molecular flexibility index (Phi) is 7.63. The molecule has 0 radical (unpaired) electrons. The Balaban J connectivity index is 2.53. The molecule has 0 aliphatic carbocycles. The van der Waals surface area contributed by atoms with E-state index in [-0.39, 0.29) is 27.2 Å². The van der Waals surface area contributed by atoms with Crippen molar-refractivity contribution in [1.29, 1.82) is 0 Å². The van der Waals surface area contributed by atoms with Gasteiger partial charge in [-0.25, -0.2) is 8.42 Å². The van der Waals surface area contributed by atoms with Crippen molar-refractivity contribution in [3.63, 3.8) is 0 Å². The number of nitrogens with one attached hydrogen (secondary N) is 1. The first-order valence-electron chi connectivity index (χ1n) is 7.04. The Morgan fingerprint density at radius 2 is 1.71 bits per heavy atom. The summed E-state index contributed by atoms with van der Waals surface area (Å²) in [6.45, 7) is 2.14. The van der Waals surface area contributed by atoms with E-state index in [1.54, 1.807) is 0 Å². The van der Waals surface area contributed by atoms with Crippen LogP contribution in [0.4, 0.5) is 5.69 Å². The maximum atomic E-state index is 12.0. The van der Waals surface area contributed by atoms with Gasteiger partial charge in [0, 0.05) is 5.02 Å². The van der Waals surface area contributed by atoms with Crippen molar-refractivity contribution < 1.29 is 13.5 Å². The van der Waals surface area contributed by atoms with Gasteiger partial charge < -0.3 is 5.11 Å². The predicted molar refractivity (Wildman–Crippen MR) is 88.9 cm³/mol. The molecule has 0 bridgehead atoms. The van der Waals surface area contributed by atoms with Crippen LogP contribution < -0.4 is 4.72 Å². The van der Waals surface area contributed by atoms with Crippen LogP contribution in [0.2, 0.25) is 10.0 Å². The molecule has 21 heavy (non-hydrogen) atoms. The van der Waals surface area contributed by atoms with Crippen molar-refractivity contribution in [2.24, 2.45) is 0 Å². The van der Waals surface area contributed by atoms with Gasteiger partial charge in [0.05, 0.1) is 16.5 Å². The van der Waals surface area contributed by atoms with Gasteiger partial charge >= 0.3 is 0 Å². The van der Waals surface area contributed by atoms with E-state index in [1.165, 1.54) is 18.6 Å². The molecule has 0 saturated carbocycles. The number of rotatable bonds is 9. The van der Waals surface area contributed by atoms with Crippen molar-refractivity contribution >= 4 is 38.9 Å². The maximum absolute atomic E-state index is 12.0. The van der Waals surface area contributed by atoms with Crippen molar-refractivity contribution in [3.05, 3.63) is 22.2 Å². The Bertz CT molecular complexity index is 562. The van der Waals surface area contributed by atoms with Crippen LogP contribution in [0.25, 0.3) is 0 Å². The quantitative estimate of drug-likeness (QED) is 0.494. The van der Waals surface area contributed by atoms with Crippen molar-refractivity contribution in [3.8, 4) is 5.75 Å². The summed E-state index contributed by atoms with van der Waals surface area (Å²) in [6, 6.07) is 2.69. The van der Waals surface area contributed by atoms with Gasteiger partial charge in [0.1, 0.15) is 0 Å². The Morgan fingerprint density at radius 3 is 2.38 bits per heavy atom. The Morgan fingerprint density at radius 1 is 1.10 bits per heavy atom. The highest BCUT2D eigenvalue weighted by molar-refractivity contribution is 7.92. The van der Waals surface area contributed by atoms with E-state index in [1.807, 2.05) is 0 Å². The molecule has 7 heteroatoms. The summed E-state index contributed by atoms with van der Waals surface area (Å²) in [5.74, 6) is -0.296. The molecular formula is C14H21Cl2NO3S. The second kappa shape index (κ2) is 8.71. The summed E-state index contributed by atoms with van der Waals surface area (Å²) in [7, 11) is -3.51. The highest BCUT2D eigenvalue weighted by Gasteiger charge is 2.15. The van der Waals surface area contributed by atoms with E-state index in [4.69, 9.17) is 23.2 Å². The average molecular weight is 354 g/mol. The minimum Gasteiger partial charge on any atom is -0.504 e. The van der Waals surface area contributed by atoms with Crippen molar-refractivity contribution in [2.45, 2.75) is 45.4 Å². The minimum atomic E-state index is -3.51.